The van der Waals surface area contributed by atoms with E-state index in [0.29, 0.717) is 41.9 Å². The van der Waals surface area contributed by atoms with Gasteiger partial charge in [-0.05, 0) is 48.5 Å². The summed E-state index contributed by atoms with van der Waals surface area (Å²) in [6.07, 6.45) is 0.484. The zero-order chi connectivity index (χ0) is 23.4. The van der Waals surface area contributed by atoms with Gasteiger partial charge >= 0.3 is 5.97 Å². The number of carbonyl (C=O) groups is 2. The molecule has 0 spiro atoms. The third-order valence-electron chi connectivity index (χ3n) is 5.63. The number of carboxylic acids is 1. The van der Waals surface area contributed by atoms with E-state index in [-0.39, 0.29) is 48.3 Å². The van der Waals surface area contributed by atoms with Crippen LogP contribution < -0.4 is 10.2 Å². The highest BCUT2D eigenvalue weighted by molar-refractivity contribution is 6.08. The van der Waals surface area contributed by atoms with Gasteiger partial charge in [0.25, 0.3) is 5.91 Å². The Hall–Kier alpha value is -3.16. The molecule has 1 saturated heterocycles. The Morgan fingerprint density at radius 2 is 1.69 bits per heavy atom. The number of hydrogen-bond acceptors (Lipinski definition) is 6. The average Bonchev–Trinajstić information content (AvgIpc) is 2.82. The molecule has 0 saturated carbocycles. The lowest BCUT2D eigenvalue weighted by Crippen LogP contribution is -2.46. The first-order valence-corrected chi connectivity index (χ1v) is 10.5. The fourth-order valence-corrected chi connectivity index (χ4v) is 3.84. The Balaban J connectivity index is 0.00000216. The minimum Gasteiger partial charge on any atom is -0.478 e. The quantitative estimate of drug-likeness (QED) is 0.456. The van der Waals surface area contributed by atoms with E-state index in [1.54, 1.807) is 24.3 Å². The molecule has 3 aromatic rings. The molecule has 1 aromatic heterocycles. The number of fused-ring (bicyclic) bond motifs is 1. The van der Waals surface area contributed by atoms with Crippen molar-refractivity contribution >= 4 is 71.5 Å². The first-order valence-electron chi connectivity index (χ1n) is 10.5. The number of benzene rings is 2. The van der Waals surface area contributed by atoms with E-state index in [0.717, 1.165) is 19.6 Å². The second-order valence-electron chi connectivity index (χ2n) is 7.76. The number of pyridine rings is 1. The molecule has 1 fully saturated rings. The van der Waals surface area contributed by atoms with E-state index in [9.17, 15) is 19.1 Å². The lowest BCUT2D eigenvalue weighted by Gasteiger charge is -2.35. The van der Waals surface area contributed by atoms with Gasteiger partial charge in [-0.2, -0.15) is 5.26 Å². The topological polar surface area (TPSA) is 110 Å². The van der Waals surface area contributed by atoms with Gasteiger partial charge in [0, 0.05) is 55.8 Å². The Morgan fingerprint density at radius 1 is 1.03 bits per heavy atom. The number of hydrogen-bond donors (Lipinski definition) is 2. The van der Waals surface area contributed by atoms with Crippen molar-refractivity contribution in [2.24, 2.45) is 0 Å². The van der Waals surface area contributed by atoms with E-state index in [1.807, 2.05) is 4.90 Å². The molecule has 4 rings (SSSR count). The maximum absolute atomic E-state index is 13.1. The van der Waals surface area contributed by atoms with Gasteiger partial charge in [-0.15, -0.1) is 37.2 Å². The largest absolute Gasteiger partial charge is 0.478 e. The molecule has 2 heterocycles. The molecular weight excluding hydrogens is 532 g/mol. The maximum Gasteiger partial charge on any atom is 0.336 e. The van der Waals surface area contributed by atoms with Gasteiger partial charge in [-0.3, -0.25) is 9.69 Å². The molecule has 1 aliphatic heterocycles. The van der Waals surface area contributed by atoms with Crippen LogP contribution >= 0.6 is 37.2 Å². The van der Waals surface area contributed by atoms with Gasteiger partial charge in [0.1, 0.15) is 11.6 Å². The van der Waals surface area contributed by atoms with Gasteiger partial charge in [-0.1, -0.05) is 0 Å². The summed E-state index contributed by atoms with van der Waals surface area (Å²) in [4.78, 5) is 33.3. The second-order valence-corrected chi connectivity index (χ2v) is 7.76. The van der Waals surface area contributed by atoms with Crippen LogP contribution in [-0.2, 0) is 0 Å². The highest BCUT2D eigenvalue weighted by Gasteiger charge is 2.21. The number of nitriles is 1. The molecule has 192 valence electrons. The number of anilines is 2. The van der Waals surface area contributed by atoms with Crippen molar-refractivity contribution in [3.8, 4) is 6.07 Å². The van der Waals surface area contributed by atoms with Crippen LogP contribution in [0.5, 0.6) is 0 Å². The number of nitrogens with zero attached hydrogens (tertiary/aromatic N) is 4. The van der Waals surface area contributed by atoms with Gasteiger partial charge in [0.2, 0.25) is 0 Å². The van der Waals surface area contributed by atoms with Crippen molar-refractivity contribution in [3.05, 3.63) is 65.5 Å². The summed E-state index contributed by atoms with van der Waals surface area (Å²) in [5.41, 5.74) is 1.31. The first-order chi connectivity index (χ1) is 15.9. The number of nitrogens with one attached hydrogen (secondary N) is 1. The molecule has 36 heavy (non-hydrogen) atoms. The summed E-state index contributed by atoms with van der Waals surface area (Å²) in [6, 6.07) is 13.8. The SMILES string of the molecule is Cl.Cl.Cl.N#CCCN1CCN(c2cc(C(=O)O)c3cc(NC(=O)c4ccc(F)cc4)ccc3n2)CC1. The number of carboxylic acid groups (broad SMARTS) is 1. The van der Waals surface area contributed by atoms with E-state index >= 15 is 0 Å². The Morgan fingerprint density at radius 3 is 2.31 bits per heavy atom. The van der Waals surface area contributed by atoms with Gasteiger partial charge in [-0.25, -0.2) is 14.2 Å². The molecule has 2 N–H and O–H groups in total. The van der Waals surface area contributed by atoms with Crippen LogP contribution in [0.25, 0.3) is 10.9 Å². The summed E-state index contributed by atoms with van der Waals surface area (Å²) >= 11 is 0. The molecule has 1 aliphatic rings. The van der Waals surface area contributed by atoms with Crippen molar-refractivity contribution < 1.29 is 19.1 Å². The lowest BCUT2D eigenvalue weighted by atomic mass is 10.1. The molecule has 0 bridgehead atoms. The molecule has 0 radical (unpaired) electrons. The van der Waals surface area contributed by atoms with Gasteiger partial charge in [0.05, 0.1) is 17.1 Å². The highest BCUT2D eigenvalue weighted by atomic mass is 35.5. The molecule has 8 nitrogen and oxygen atoms in total. The first kappa shape index (κ1) is 30.9. The summed E-state index contributed by atoms with van der Waals surface area (Å²) in [5.74, 6) is -1.36. The molecule has 0 unspecified atom stereocenters. The summed E-state index contributed by atoms with van der Waals surface area (Å²) in [6.45, 7) is 3.65. The van der Waals surface area contributed by atoms with Crippen LogP contribution in [0, 0.1) is 17.1 Å². The van der Waals surface area contributed by atoms with E-state index < -0.39 is 17.7 Å². The normalized spacial score (nSPS) is 12.9. The molecule has 0 aliphatic carbocycles. The monoisotopic (exact) mass is 555 g/mol. The van der Waals surface area contributed by atoms with Crippen molar-refractivity contribution in [1.82, 2.24) is 9.88 Å². The van der Waals surface area contributed by atoms with Crippen molar-refractivity contribution in [1.29, 1.82) is 5.26 Å². The number of aromatic nitrogens is 1. The van der Waals surface area contributed by atoms with E-state index in [2.05, 4.69) is 21.3 Å². The highest BCUT2D eigenvalue weighted by Crippen LogP contribution is 2.27. The predicted octanol–water partition coefficient (Wildman–Crippen LogP) is 4.63. The second kappa shape index (κ2) is 13.8. The van der Waals surface area contributed by atoms with Crippen LogP contribution in [-0.4, -0.2) is 59.6 Å². The van der Waals surface area contributed by atoms with Crippen LogP contribution in [0.4, 0.5) is 15.9 Å². The van der Waals surface area contributed by atoms with Crippen molar-refractivity contribution in [2.45, 2.75) is 6.42 Å². The summed E-state index contributed by atoms with van der Waals surface area (Å²) < 4.78 is 13.1. The molecule has 0 atom stereocenters. The summed E-state index contributed by atoms with van der Waals surface area (Å²) in [5, 5.41) is 21.7. The van der Waals surface area contributed by atoms with Crippen molar-refractivity contribution in [2.75, 3.05) is 42.9 Å². The smallest absolute Gasteiger partial charge is 0.336 e. The molecule has 1 amide bonds. The zero-order valence-electron chi connectivity index (χ0n) is 19.0. The summed E-state index contributed by atoms with van der Waals surface area (Å²) in [7, 11) is 0. The number of aromatic carboxylic acids is 1. The molecular formula is C24H25Cl3FN5O3. The minimum absolute atomic E-state index is 0. The Labute approximate surface area is 226 Å². The number of piperazine rings is 1. The van der Waals surface area contributed by atoms with Crippen LogP contribution in [0.15, 0.2) is 48.5 Å². The number of halogens is 4. The lowest BCUT2D eigenvalue weighted by molar-refractivity contribution is 0.0698. The standard InChI is InChI=1S/C24H22FN5O3.3ClH/c25-17-4-2-16(3-5-17)23(31)27-18-6-7-21-19(14-18)20(24(32)33)15-22(28-21)30-12-10-29(11-13-30)9-1-8-26;;;/h2-7,14-15H,1,9-13H2,(H,27,31)(H,32,33);3*1H. The molecule has 2 aromatic carbocycles. The average molecular weight is 557 g/mol. The maximum atomic E-state index is 13.1. The molecule has 12 heteroatoms. The van der Waals surface area contributed by atoms with Crippen LogP contribution in [0.3, 0.4) is 0 Å². The third kappa shape index (κ3) is 7.18. The minimum atomic E-state index is -1.08. The predicted molar refractivity (Wildman–Crippen MR) is 144 cm³/mol. The van der Waals surface area contributed by atoms with Gasteiger partial charge < -0.3 is 15.3 Å². The van der Waals surface area contributed by atoms with E-state index in [1.165, 1.54) is 24.3 Å². The van der Waals surface area contributed by atoms with Crippen LogP contribution in [0.1, 0.15) is 27.1 Å². The third-order valence-corrected chi connectivity index (χ3v) is 5.63. The Kier molecular flexibility index (Phi) is 11.8. The number of amides is 1. The van der Waals surface area contributed by atoms with Crippen molar-refractivity contribution in [3.63, 3.8) is 0 Å². The number of carbonyl (C=O) groups excluding carboxylic acids is 1. The fourth-order valence-electron chi connectivity index (χ4n) is 3.84. The number of rotatable bonds is 6. The fraction of sp³-hybridized carbons (Fsp3) is 0.250. The Bertz CT molecular complexity index is 1250. The van der Waals surface area contributed by atoms with Gasteiger partial charge in [0.15, 0.2) is 0 Å². The van der Waals surface area contributed by atoms with E-state index in [4.69, 9.17) is 5.26 Å². The van der Waals surface area contributed by atoms with Crippen LogP contribution in [0.2, 0.25) is 0 Å². The zero-order valence-corrected chi connectivity index (χ0v) is 21.5.